The molecule has 1 fully saturated rings. The van der Waals surface area contributed by atoms with E-state index in [1.807, 2.05) is 0 Å². The van der Waals surface area contributed by atoms with E-state index < -0.39 is 44.2 Å². The number of anilines is 1. The molecule has 394 valence electrons. The van der Waals surface area contributed by atoms with Crippen molar-refractivity contribution in [2.45, 2.75) is 58.8 Å². The molecular formula is C59H44BrFN7O10P. The average Bonchev–Trinajstić information content (AvgIpc) is 4.10. The number of nitrogens with one attached hydrogen (secondary N) is 1. The monoisotopic (exact) mass is 1140 g/mol. The minimum Gasteiger partial charge on any atom is -0.487 e. The zero-order valence-electron chi connectivity index (χ0n) is 42.7. The second kappa shape index (κ2) is 32.1. The van der Waals surface area contributed by atoms with E-state index in [4.69, 9.17) is 23.0 Å². The second-order valence-electron chi connectivity index (χ2n) is 15.8. The molecule has 2 atom stereocenters. The number of Topliss-reactive ketones (excluding diaryl/α,β-unsaturated/α-hetero) is 2. The van der Waals surface area contributed by atoms with Crippen molar-refractivity contribution in [1.82, 2.24) is 29.6 Å². The zero-order valence-corrected chi connectivity index (χ0v) is 45.2. The zero-order chi connectivity index (χ0) is 56.8. The number of alkyl halides is 1. The van der Waals surface area contributed by atoms with Gasteiger partial charge in [-0.15, -0.1) is 0 Å². The Morgan fingerprint density at radius 3 is 1.89 bits per heavy atom. The number of carbonyl (C=O) groups is 4. The molecule has 0 radical (unpaired) electrons. The van der Waals surface area contributed by atoms with Crippen molar-refractivity contribution in [3.63, 3.8) is 0 Å². The number of ketones is 2. The quantitative estimate of drug-likeness (QED) is 0.0195. The van der Waals surface area contributed by atoms with Crippen molar-refractivity contribution in [3.8, 4) is 11.1 Å². The summed E-state index contributed by atoms with van der Waals surface area (Å²) in [5.41, 5.74) is 51.9. The Bertz CT molecular complexity index is 3800. The summed E-state index contributed by atoms with van der Waals surface area (Å²) in [5.74, 6) is -0.886. The third-order valence-corrected chi connectivity index (χ3v) is 12.0. The molecule has 20 heteroatoms. The fourth-order valence-electron chi connectivity index (χ4n) is 6.64. The lowest BCUT2D eigenvalue weighted by Gasteiger charge is -2.23. The van der Waals surface area contributed by atoms with Crippen molar-refractivity contribution >= 4 is 63.9 Å². The number of halogens is 2. The highest BCUT2D eigenvalue weighted by Crippen LogP contribution is 2.49. The Kier molecular flexibility index (Phi) is 24.5. The Labute approximate surface area is 461 Å². The van der Waals surface area contributed by atoms with Crippen LogP contribution in [0.4, 0.5) is 10.2 Å². The number of likely N-dealkylation sites (tertiary alicyclic amines) is 1. The number of carbonyl (C=O) groups excluding carboxylic acids is 4. The molecule has 4 aromatic rings. The van der Waals surface area contributed by atoms with E-state index in [9.17, 15) is 28.1 Å². The molecule has 4 heterocycles. The van der Waals surface area contributed by atoms with Crippen LogP contribution in [0.3, 0.4) is 0 Å². The summed E-state index contributed by atoms with van der Waals surface area (Å²) in [6.07, 6.45) is 1.46. The van der Waals surface area contributed by atoms with Gasteiger partial charge in [0.15, 0.2) is 11.6 Å². The Morgan fingerprint density at radius 2 is 1.33 bits per heavy atom. The van der Waals surface area contributed by atoms with E-state index in [1.54, 1.807) is 62.6 Å². The van der Waals surface area contributed by atoms with Gasteiger partial charge in [-0.2, -0.15) is 5.10 Å². The van der Waals surface area contributed by atoms with Crippen LogP contribution in [-0.4, -0.2) is 105 Å². The maximum atomic E-state index is 14.7. The van der Waals surface area contributed by atoms with Gasteiger partial charge < -0.3 is 19.7 Å². The molecule has 79 heavy (non-hydrogen) atoms. The highest BCUT2D eigenvalue weighted by molar-refractivity contribution is 9.10. The molecule has 0 spiro atoms. The largest absolute Gasteiger partial charge is 0.487 e. The van der Waals surface area contributed by atoms with E-state index in [1.165, 1.54) is 16.5 Å². The molecule has 1 N–H and O–H groups in total. The molecule has 3 aromatic heterocycles. The van der Waals surface area contributed by atoms with Crippen LogP contribution >= 0.6 is 23.8 Å². The number of aromatic nitrogens is 5. The van der Waals surface area contributed by atoms with Gasteiger partial charge in [-0.1, -0.05) is 23.6 Å². The molecule has 1 aliphatic heterocycles. The Balaban J connectivity index is 1.21. The Hall–Kier alpha value is -9.60. The second-order valence-corrected chi connectivity index (χ2v) is 18.2. The van der Waals surface area contributed by atoms with Crippen LogP contribution in [-0.2, 0) is 55.0 Å². The molecule has 1 aliphatic rings. The van der Waals surface area contributed by atoms with Crippen molar-refractivity contribution in [1.29, 1.82) is 0 Å². The molecule has 1 aromatic carbocycles. The third-order valence-electron chi connectivity index (χ3n) is 10.1. The number of pyridine rings is 1. The molecule has 0 bridgehead atoms. The standard InChI is InChI=1S/C59H44BrFN7O10P/c1-6-8-10-12-14-16-18-20-22-25-44(3)74-33-35-76-79(73,77-36-34-75-45(4)26-23-21-19-17-15-13-11-9-7-2)78-43-50(70)30-32-55-62-39-48(40-63-55)47-29-31-52-51(37-47)58(46(5)69)66-68(52)42-57(71)67-41-49(61)38-53(67)59(72)65-56-28-24-27-54(60)64-56/h24,27-29,31,37,39-40,49,53H,1-2,30,32-36,38,41-43H2,3-5H3,(H,64,65,72)/t49-,53+/m1/s1. The van der Waals surface area contributed by atoms with Gasteiger partial charge >= 0.3 is 7.82 Å². The molecule has 2 amide bonds. The summed E-state index contributed by atoms with van der Waals surface area (Å²) in [6, 6.07) is 8.96. The van der Waals surface area contributed by atoms with E-state index in [2.05, 4.69) is 169 Å². The maximum Gasteiger partial charge on any atom is 0.475 e. The van der Waals surface area contributed by atoms with Crippen LogP contribution in [0.25, 0.3) is 22.0 Å². The number of nitrogens with zero attached hydrogens (tertiary/aromatic N) is 6. The van der Waals surface area contributed by atoms with Crippen LogP contribution in [0, 0.1) is 0 Å². The molecule has 0 aliphatic carbocycles. The van der Waals surface area contributed by atoms with Crippen molar-refractivity contribution in [2.75, 3.05) is 44.9 Å². The van der Waals surface area contributed by atoms with Crippen molar-refractivity contribution in [3.05, 3.63) is 204 Å². The van der Waals surface area contributed by atoms with Gasteiger partial charge in [-0.25, -0.2) is 23.9 Å². The lowest BCUT2D eigenvalue weighted by atomic mass is 10.0. The minimum atomic E-state index is -4.38. The number of phosphoric acid groups is 1. The fourth-order valence-corrected chi connectivity index (χ4v) is 8.10. The maximum absolute atomic E-state index is 14.7. The first-order valence-electron chi connectivity index (χ1n) is 23.4. The smallest absolute Gasteiger partial charge is 0.475 e. The summed E-state index contributed by atoms with van der Waals surface area (Å²) < 4.78 is 57.7. The highest BCUT2D eigenvalue weighted by Gasteiger charge is 2.40. The van der Waals surface area contributed by atoms with E-state index in [0.717, 1.165) is 0 Å². The van der Waals surface area contributed by atoms with E-state index >= 15 is 0 Å². The number of ether oxygens (including phenoxy) is 2. The summed E-state index contributed by atoms with van der Waals surface area (Å²) >= 11 is 3.25. The van der Waals surface area contributed by atoms with Crippen LogP contribution in [0.15, 0.2) is 193 Å². The van der Waals surface area contributed by atoms with E-state index in [0.29, 0.717) is 32.5 Å². The van der Waals surface area contributed by atoms with Crippen molar-refractivity contribution < 1.29 is 51.2 Å². The molecular weight excluding hydrogens is 1100 g/mol. The van der Waals surface area contributed by atoms with E-state index in [-0.39, 0.29) is 87.6 Å². The number of hydrogen-bond acceptors (Lipinski definition) is 14. The first kappa shape index (κ1) is 60.3. The first-order chi connectivity index (χ1) is 38.2. The van der Waals surface area contributed by atoms with Crippen LogP contribution in [0.1, 0.15) is 49.9 Å². The molecule has 0 unspecified atom stereocenters. The number of hydrogen-bond donors (Lipinski definition) is 1. The SMILES string of the molecule is C=C=C=C=C=C=C=C=C=C=C=C(C)OCCOP(=O)(OCCOC(C)=C=C=C=C=C=C=C=C=C=C=C)OCC(=O)CCc1ncc(-c2ccc3c(c2)c(C(C)=O)nn3CC(=O)N2C[C@H](F)C[C@H]2C(=O)Nc2cccc(Br)n2)cn1. The number of rotatable bonds is 22. The van der Waals surface area contributed by atoms with Crippen LogP contribution in [0.5, 0.6) is 0 Å². The number of allylic oxidation sites excluding steroid dienone is 2. The predicted octanol–water partition coefficient (Wildman–Crippen LogP) is 9.29. The van der Waals surface area contributed by atoms with Gasteiger partial charge in [0.05, 0.1) is 25.3 Å². The van der Waals surface area contributed by atoms with Crippen LogP contribution < -0.4 is 5.32 Å². The summed E-state index contributed by atoms with van der Waals surface area (Å²) in [6.45, 7) is 9.07. The van der Waals surface area contributed by atoms with Crippen molar-refractivity contribution in [2.24, 2.45) is 0 Å². The van der Waals surface area contributed by atoms with Gasteiger partial charge in [0.1, 0.15) is 72.0 Å². The number of phosphoric ester groups is 1. The molecule has 0 saturated carbocycles. The molecule has 17 nitrogen and oxygen atoms in total. The number of aryl methyl sites for hydroxylation is 1. The minimum absolute atomic E-state index is 0.0919. The number of benzene rings is 1. The summed E-state index contributed by atoms with van der Waals surface area (Å²) in [5, 5.41) is 7.52. The van der Waals surface area contributed by atoms with Gasteiger partial charge in [-0.05, 0) is 162 Å². The van der Waals surface area contributed by atoms with Gasteiger partial charge in [0, 0.05) is 63.4 Å². The lowest BCUT2D eigenvalue weighted by Crippen LogP contribution is -2.44. The van der Waals surface area contributed by atoms with Crippen LogP contribution in [0.2, 0.25) is 0 Å². The van der Waals surface area contributed by atoms with Gasteiger partial charge in [0.2, 0.25) is 11.8 Å². The van der Waals surface area contributed by atoms with Gasteiger partial charge in [-0.3, -0.25) is 37.4 Å². The highest BCUT2D eigenvalue weighted by atomic mass is 79.9. The number of fused-ring (bicyclic) bond motifs is 1. The molecule has 5 rings (SSSR count). The number of amides is 2. The first-order valence-corrected chi connectivity index (χ1v) is 25.7. The normalized spacial score (nSPS) is 13.0. The third kappa shape index (κ3) is 20.8. The lowest BCUT2D eigenvalue weighted by molar-refractivity contribution is -0.137. The predicted molar refractivity (Wildman–Crippen MR) is 287 cm³/mol. The average molecular weight is 1140 g/mol. The topological polar surface area (TPSA) is 203 Å². The molecule has 1 saturated heterocycles. The fraction of sp³-hybridized carbons (Fsp3) is 0.254. The summed E-state index contributed by atoms with van der Waals surface area (Å²) in [7, 11) is -4.38. The summed E-state index contributed by atoms with van der Waals surface area (Å²) in [4.78, 5) is 67.0. The van der Waals surface area contributed by atoms with Gasteiger partial charge in [0.25, 0.3) is 0 Å². The Morgan fingerprint density at radius 1 is 0.759 bits per heavy atom.